The number of carbonyl (C=O) groups is 1. The zero-order valence-electron chi connectivity index (χ0n) is 16.6. The van der Waals surface area contributed by atoms with Crippen LogP contribution < -0.4 is 5.56 Å². The summed E-state index contributed by atoms with van der Waals surface area (Å²) in [6, 6.07) is 5.94. The van der Waals surface area contributed by atoms with Gasteiger partial charge in [-0.25, -0.2) is 4.68 Å². The lowest BCUT2D eigenvalue weighted by Crippen LogP contribution is -2.41. The highest BCUT2D eigenvalue weighted by atomic mass is 19.4. The number of piperidine rings is 1. The number of likely N-dealkylation sites (tertiary alicyclic amines) is 1. The summed E-state index contributed by atoms with van der Waals surface area (Å²) < 4.78 is 39.7. The molecule has 5 nitrogen and oxygen atoms in total. The molecule has 1 aliphatic heterocycles. The number of carbonyl (C=O) groups excluding carboxylic acids is 1. The zero-order valence-corrected chi connectivity index (χ0v) is 16.6. The lowest BCUT2D eigenvalue weighted by molar-refractivity contribution is -0.137. The molecule has 1 amide bonds. The fourth-order valence-electron chi connectivity index (χ4n) is 4.31. The lowest BCUT2D eigenvalue weighted by atomic mass is 10.0. The summed E-state index contributed by atoms with van der Waals surface area (Å²) in [5.74, 6) is -0.288. The molecule has 0 unspecified atom stereocenters. The Hall–Kier alpha value is -2.64. The lowest BCUT2D eigenvalue weighted by Gasteiger charge is -2.32. The molecule has 2 aliphatic rings. The fraction of sp³-hybridized carbons (Fsp3) is 0.500. The molecule has 1 aromatic carbocycles. The highest BCUT2D eigenvalue weighted by molar-refractivity contribution is 5.94. The monoisotopic (exact) mass is 419 g/mol. The molecule has 2 aromatic rings. The molecule has 0 N–H and O–H groups in total. The molecule has 0 bridgehead atoms. The van der Waals surface area contributed by atoms with Crippen molar-refractivity contribution in [2.24, 2.45) is 0 Å². The number of aromatic nitrogens is 2. The fourth-order valence-corrected chi connectivity index (χ4v) is 4.31. The van der Waals surface area contributed by atoms with Gasteiger partial charge in [-0.05, 0) is 68.4 Å². The van der Waals surface area contributed by atoms with Gasteiger partial charge in [0.05, 0.1) is 17.3 Å². The number of nitrogens with zero attached hydrogens (tertiary/aromatic N) is 3. The van der Waals surface area contributed by atoms with Gasteiger partial charge in [-0.3, -0.25) is 9.59 Å². The first-order valence-electron chi connectivity index (χ1n) is 10.4. The van der Waals surface area contributed by atoms with Crippen LogP contribution in [0.25, 0.3) is 0 Å². The number of hydrogen-bond acceptors (Lipinski definition) is 3. The van der Waals surface area contributed by atoms with Crippen molar-refractivity contribution in [3.05, 3.63) is 63.1 Å². The number of halogens is 3. The van der Waals surface area contributed by atoms with Crippen molar-refractivity contribution >= 4 is 5.91 Å². The van der Waals surface area contributed by atoms with E-state index in [2.05, 4.69) is 5.10 Å². The van der Waals surface area contributed by atoms with Crippen LogP contribution >= 0.6 is 0 Å². The van der Waals surface area contributed by atoms with Crippen LogP contribution in [0.5, 0.6) is 0 Å². The van der Waals surface area contributed by atoms with Crippen molar-refractivity contribution in [2.75, 3.05) is 13.1 Å². The minimum atomic E-state index is -4.42. The SMILES string of the molecule is O=C(c1ccc(C(F)(F)F)cc1)N1CCC(n2nc3c(cc2=O)CCCCC3)CC1. The molecule has 1 aliphatic carbocycles. The van der Waals surface area contributed by atoms with Gasteiger partial charge in [-0.15, -0.1) is 0 Å². The van der Waals surface area contributed by atoms with E-state index in [1.165, 1.54) is 12.1 Å². The maximum Gasteiger partial charge on any atom is 0.416 e. The van der Waals surface area contributed by atoms with E-state index < -0.39 is 11.7 Å². The Bertz CT molecular complexity index is 975. The van der Waals surface area contributed by atoms with Crippen LogP contribution in [-0.2, 0) is 19.0 Å². The van der Waals surface area contributed by atoms with E-state index in [0.29, 0.717) is 25.9 Å². The van der Waals surface area contributed by atoms with E-state index in [1.54, 1.807) is 15.6 Å². The van der Waals surface area contributed by atoms with Gasteiger partial charge in [0.1, 0.15) is 0 Å². The molecule has 0 atom stereocenters. The molecule has 1 fully saturated rings. The van der Waals surface area contributed by atoms with Crippen LogP contribution in [0.2, 0.25) is 0 Å². The third kappa shape index (κ3) is 4.27. The van der Waals surface area contributed by atoms with Crippen LogP contribution in [0.4, 0.5) is 13.2 Å². The minimum absolute atomic E-state index is 0.0669. The normalized spacial score (nSPS) is 18.0. The number of amides is 1. The number of fused-ring (bicyclic) bond motifs is 1. The number of benzene rings is 1. The first-order chi connectivity index (χ1) is 14.3. The van der Waals surface area contributed by atoms with E-state index in [1.807, 2.05) is 0 Å². The Kier molecular flexibility index (Phi) is 5.66. The van der Waals surface area contributed by atoms with E-state index in [4.69, 9.17) is 0 Å². The van der Waals surface area contributed by atoms with Gasteiger partial charge >= 0.3 is 6.18 Å². The van der Waals surface area contributed by atoms with Gasteiger partial charge < -0.3 is 4.90 Å². The van der Waals surface area contributed by atoms with Crippen molar-refractivity contribution in [1.82, 2.24) is 14.7 Å². The first kappa shape index (κ1) is 20.6. The Morgan fingerprint density at radius 3 is 2.33 bits per heavy atom. The molecular formula is C22H24F3N3O2. The van der Waals surface area contributed by atoms with Crippen LogP contribution in [-0.4, -0.2) is 33.7 Å². The summed E-state index contributed by atoms with van der Waals surface area (Å²) in [6.45, 7) is 0.880. The second-order valence-corrected chi connectivity index (χ2v) is 8.06. The summed E-state index contributed by atoms with van der Waals surface area (Å²) in [6.07, 6.45) is 1.87. The Balaban J connectivity index is 1.43. The van der Waals surface area contributed by atoms with Gasteiger partial charge in [0.15, 0.2) is 0 Å². The average molecular weight is 419 g/mol. The molecule has 160 valence electrons. The molecule has 8 heteroatoms. The zero-order chi connectivity index (χ0) is 21.3. The Morgan fingerprint density at radius 2 is 1.67 bits per heavy atom. The maximum atomic E-state index is 12.7. The number of alkyl halides is 3. The molecule has 0 spiro atoms. The number of hydrogen-bond donors (Lipinski definition) is 0. The highest BCUT2D eigenvalue weighted by Crippen LogP contribution is 2.30. The van der Waals surface area contributed by atoms with E-state index in [0.717, 1.165) is 55.5 Å². The first-order valence-corrected chi connectivity index (χ1v) is 10.4. The number of rotatable bonds is 2. The van der Waals surface area contributed by atoms with Gasteiger partial charge in [-0.2, -0.15) is 18.3 Å². The standard InChI is InChI=1S/C22H24F3N3O2/c23-22(24,25)17-8-6-15(7-9-17)21(30)27-12-10-18(11-13-27)28-20(29)14-16-4-2-1-3-5-19(16)26-28/h6-9,14,18H,1-5,10-13H2. The van der Waals surface area contributed by atoms with E-state index in [9.17, 15) is 22.8 Å². The molecule has 30 heavy (non-hydrogen) atoms. The Morgan fingerprint density at radius 1 is 1.00 bits per heavy atom. The predicted octanol–water partition coefficient (Wildman–Crippen LogP) is 4.01. The van der Waals surface area contributed by atoms with Crippen LogP contribution in [0.15, 0.2) is 35.1 Å². The maximum absolute atomic E-state index is 12.7. The second-order valence-electron chi connectivity index (χ2n) is 8.06. The van der Waals surface area contributed by atoms with Crippen LogP contribution in [0.3, 0.4) is 0 Å². The topological polar surface area (TPSA) is 55.2 Å². The van der Waals surface area contributed by atoms with Gasteiger partial charge in [0.2, 0.25) is 0 Å². The molecule has 0 saturated carbocycles. The van der Waals surface area contributed by atoms with Gasteiger partial charge in [0.25, 0.3) is 11.5 Å². The largest absolute Gasteiger partial charge is 0.416 e. The van der Waals surface area contributed by atoms with Crippen LogP contribution in [0.1, 0.15) is 65.3 Å². The average Bonchev–Trinajstić information content (AvgIpc) is 2.97. The van der Waals surface area contributed by atoms with Gasteiger partial charge in [0, 0.05) is 24.7 Å². The van der Waals surface area contributed by atoms with E-state index in [-0.39, 0.29) is 23.1 Å². The van der Waals surface area contributed by atoms with Crippen LogP contribution in [0, 0.1) is 0 Å². The summed E-state index contributed by atoms with van der Waals surface area (Å²) in [4.78, 5) is 26.9. The minimum Gasteiger partial charge on any atom is -0.338 e. The summed E-state index contributed by atoms with van der Waals surface area (Å²) >= 11 is 0. The van der Waals surface area contributed by atoms with E-state index >= 15 is 0 Å². The third-order valence-corrected chi connectivity index (χ3v) is 6.04. The summed E-state index contributed by atoms with van der Waals surface area (Å²) in [7, 11) is 0. The summed E-state index contributed by atoms with van der Waals surface area (Å²) in [5.41, 5.74) is 1.44. The second kappa shape index (κ2) is 8.24. The molecule has 0 radical (unpaired) electrons. The molecule has 2 heterocycles. The van der Waals surface area contributed by atoms with Crippen molar-refractivity contribution < 1.29 is 18.0 Å². The van der Waals surface area contributed by atoms with Gasteiger partial charge in [-0.1, -0.05) is 6.42 Å². The van der Waals surface area contributed by atoms with Crippen molar-refractivity contribution in [3.63, 3.8) is 0 Å². The molecule has 4 rings (SSSR count). The Labute approximate surface area is 172 Å². The smallest absolute Gasteiger partial charge is 0.338 e. The van der Waals surface area contributed by atoms with Crippen molar-refractivity contribution in [2.45, 2.75) is 57.2 Å². The molecule has 1 saturated heterocycles. The van der Waals surface area contributed by atoms with Crippen molar-refractivity contribution in [1.29, 1.82) is 0 Å². The van der Waals surface area contributed by atoms with Crippen molar-refractivity contribution in [3.8, 4) is 0 Å². The highest BCUT2D eigenvalue weighted by Gasteiger charge is 2.31. The quantitative estimate of drug-likeness (QED) is 0.692. The molecule has 1 aromatic heterocycles. The summed E-state index contributed by atoms with van der Waals surface area (Å²) in [5, 5.41) is 4.65. The number of aryl methyl sites for hydroxylation is 2. The third-order valence-electron chi connectivity index (χ3n) is 6.04. The molecular weight excluding hydrogens is 395 g/mol. The predicted molar refractivity (Wildman–Crippen MR) is 105 cm³/mol.